The number of aryl methyl sites for hydroxylation is 1. The molecule has 0 aliphatic heterocycles. The second-order valence-electron chi connectivity index (χ2n) is 2.09. The Balaban J connectivity index is 3.19. The molecule has 0 saturated heterocycles. The summed E-state index contributed by atoms with van der Waals surface area (Å²) in [7, 11) is 0. The minimum atomic E-state index is 0.417. The highest BCUT2D eigenvalue weighted by molar-refractivity contribution is 5.35. The lowest BCUT2D eigenvalue weighted by molar-refractivity contribution is 0.993. The van der Waals surface area contributed by atoms with Gasteiger partial charge >= 0.3 is 0 Å². The van der Waals surface area contributed by atoms with Gasteiger partial charge in [0.2, 0.25) is 0 Å². The van der Waals surface area contributed by atoms with Gasteiger partial charge in [0.05, 0.1) is 11.9 Å². The summed E-state index contributed by atoms with van der Waals surface area (Å²) in [5.41, 5.74) is 6.79. The fourth-order valence-electron chi connectivity index (χ4n) is 0.810. The van der Waals surface area contributed by atoms with E-state index in [4.69, 9.17) is 12.2 Å². The van der Waals surface area contributed by atoms with Crippen LogP contribution in [0.1, 0.15) is 18.3 Å². The second kappa shape index (κ2) is 3.02. The standard InChI is InChI=1S/C8H9N3/c1-3-6-7(4-2)11-8(9)5-10-6/h1,5H,4H2,2H3,(H2,9,11). The van der Waals surface area contributed by atoms with Crippen LogP contribution < -0.4 is 5.73 Å². The molecule has 0 saturated carbocycles. The summed E-state index contributed by atoms with van der Waals surface area (Å²) in [5, 5.41) is 0. The number of hydrogen-bond donors (Lipinski definition) is 1. The van der Waals surface area contributed by atoms with E-state index in [1.807, 2.05) is 6.92 Å². The van der Waals surface area contributed by atoms with E-state index in [0.29, 0.717) is 11.5 Å². The topological polar surface area (TPSA) is 51.8 Å². The minimum absolute atomic E-state index is 0.417. The average molecular weight is 147 g/mol. The molecule has 1 rings (SSSR count). The normalized spacial score (nSPS) is 9.09. The van der Waals surface area contributed by atoms with Gasteiger partial charge in [-0.15, -0.1) is 6.42 Å². The summed E-state index contributed by atoms with van der Waals surface area (Å²) in [6.07, 6.45) is 7.41. The molecule has 1 heterocycles. The molecule has 3 heteroatoms. The van der Waals surface area contributed by atoms with Crippen LogP contribution in [0, 0.1) is 12.3 Å². The lowest BCUT2D eigenvalue weighted by Crippen LogP contribution is -2.00. The molecule has 0 fully saturated rings. The lowest BCUT2D eigenvalue weighted by atomic mass is 10.2. The molecule has 2 N–H and O–H groups in total. The van der Waals surface area contributed by atoms with Crippen molar-refractivity contribution < 1.29 is 0 Å². The van der Waals surface area contributed by atoms with Crippen molar-refractivity contribution in [2.45, 2.75) is 13.3 Å². The van der Waals surface area contributed by atoms with Gasteiger partial charge in [-0.3, -0.25) is 0 Å². The molecule has 0 amide bonds. The molecule has 0 atom stereocenters. The highest BCUT2D eigenvalue weighted by atomic mass is 14.9. The first-order valence-electron chi connectivity index (χ1n) is 3.36. The van der Waals surface area contributed by atoms with Gasteiger partial charge < -0.3 is 5.73 Å². The molecule has 0 spiro atoms. The largest absolute Gasteiger partial charge is 0.382 e. The molecule has 0 aliphatic rings. The van der Waals surface area contributed by atoms with Gasteiger partial charge in [0.15, 0.2) is 0 Å². The van der Waals surface area contributed by atoms with Gasteiger partial charge in [0.1, 0.15) is 11.5 Å². The molecule has 3 nitrogen and oxygen atoms in total. The van der Waals surface area contributed by atoms with Crippen LogP contribution in [0.5, 0.6) is 0 Å². The van der Waals surface area contributed by atoms with E-state index >= 15 is 0 Å². The number of nitrogen functional groups attached to an aromatic ring is 1. The predicted molar refractivity (Wildman–Crippen MR) is 43.8 cm³/mol. The maximum atomic E-state index is 5.42. The zero-order chi connectivity index (χ0) is 8.27. The molecule has 11 heavy (non-hydrogen) atoms. The van der Waals surface area contributed by atoms with Crippen LogP contribution in [-0.4, -0.2) is 9.97 Å². The number of anilines is 1. The third kappa shape index (κ3) is 1.47. The predicted octanol–water partition coefficient (Wildman–Crippen LogP) is 0.603. The van der Waals surface area contributed by atoms with Gasteiger partial charge in [-0.05, 0) is 12.3 Å². The van der Waals surface area contributed by atoms with Gasteiger partial charge in [0.25, 0.3) is 0 Å². The highest BCUT2D eigenvalue weighted by Gasteiger charge is 2.00. The average Bonchev–Trinajstić information content (AvgIpc) is 2.04. The molecule has 56 valence electrons. The zero-order valence-corrected chi connectivity index (χ0v) is 6.33. The monoisotopic (exact) mass is 147 g/mol. The van der Waals surface area contributed by atoms with Crippen LogP contribution in [0.15, 0.2) is 6.20 Å². The van der Waals surface area contributed by atoms with Crippen molar-refractivity contribution in [1.29, 1.82) is 0 Å². The van der Waals surface area contributed by atoms with E-state index in [1.165, 1.54) is 6.20 Å². The third-order valence-electron chi connectivity index (χ3n) is 1.33. The molecular formula is C8H9N3. The summed E-state index contributed by atoms with van der Waals surface area (Å²) >= 11 is 0. The summed E-state index contributed by atoms with van der Waals surface area (Å²) in [6.45, 7) is 1.96. The van der Waals surface area contributed by atoms with Crippen LogP contribution in [0.2, 0.25) is 0 Å². The number of terminal acetylenes is 1. The van der Waals surface area contributed by atoms with Gasteiger partial charge in [0, 0.05) is 0 Å². The van der Waals surface area contributed by atoms with Crippen molar-refractivity contribution in [3.63, 3.8) is 0 Å². The Morgan fingerprint density at radius 1 is 1.73 bits per heavy atom. The summed E-state index contributed by atoms with van der Waals surface area (Å²) in [4.78, 5) is 7.98. The lowest BCUT2D eigenvalue weighted by Gasteiger charge is -1.99. The molecule has 0 bridgehead atoms. The minimum Gasteiger partial charge on any atom is -0.382 e. The van der Waals surface area contributed by atoms with Crippen LogP contribution in [0.3, 0.4) is 0 Å². The molecular weight excluding hydrogens is 138 g/mol. The quantitative estimate of drug-likeness (QED) is 0.592. The Kier molecular flexibility index (Phi) is 2.07. The second-order valence-corrected chi connectivity index (χ2v) is 2.09. The van der Waals surface area contributed by atoms with Crippen molar-refractivity contribution >= 4 is 5.82 Å². The summed E-state index contributed by atoms with van der Waals surface area (Å²) < 4.78 is 0. The number of aromatic nitrogens is 2. The van der Waals surface area contributed by atoms with Crippen LogP contribution in [-0.2, 0) is 6.42 Å². The van der Waals surface area contributed by atoms with Gasteiger partial charge in [-0.2, -0.15) is 0 Å². The summed E-state index contributed by atoms with van der Waals surface area (Å²) in [6, 6.07) is 0. The molecule has 0 unspecified atom stereocenters. The maximum Gasteiger partial charge on any atom is 0.142 e. The summed E-state index contributed by atoms with van der Waals surface area (Å²) in [5.74, 6) is 2.86. The van der Waals surface area contributed by atoms with Crippen molar-refractivity contribution in [2.75, 3.05) is 5.73 Å². The van der Waals surface area contributed by atoms with Crippen molar-refractivity contribution in [2.24, 2.45) is 0 Å². The number of nitrogens with two attached hydrogens (primary N) is 1. The zero-order valence-electron chi connectivity index (χ0n) is 6.33. The molecule has 0 aliphatic carbocycles. The van der Waals surface area contributed by atoms with E-state index in [2.05, 4.69) is 15.9 Å². The Hall–Kier alpha value is -1.56. The Labute approximate surface area is 65.7 Å². The van der Waals surface area contributed by atoms with E-state index in [0.717, 1.165) is 12.1 Å². The highest BCUT2D eigenvalue weighted by Crippen LogP contribution is 2.03. The Morgan fingerprint density at radius 2 is 2.45 bits per heavy atom. The van der Waals surface area contributed by atoms with Crippen molar-refractivity contribution in [3.8, 4) is 12.3 Å². The third-order valence-corrected chi connectivity index (χ3v) is 1.33. The number of rotatable bonds is 1. The molecule has 1 aromatic heterocycles. The first-order valence-corrected chi connectivity index (χ1v) is 3.36. The number of nitrogens with zero attached hydrogens (tertiary/aromatic N) is 2. The SMILES string of the molecule is C#Cc1ncc(N)nc1CC. The Morgan fingerprint density at radius 3 is 3.00 bits per heavy atom. The van der Waals surface area contributed by atoms with E-state index in [-0.39, 0.29) is 0 Å². The number of hydrogen-bond acceptors (Lipinski definition) is 3. The van der Waals surface area contributed by atoms with E-state index in [9.17, 15) is 0 Å². The maximum absolute atomic E-state index is 5.42. The van der Waals surface area contributed by atoms with Crippen LogP contribution >= 0.6 is 0 Å². The van der Waals surface area contributed by atoms with Crippen molar-refractivity contribution in [3.05, 3.63) is 17.6 Å². The molecule has 1 aromatic rings. The fraction of sp³-hybridized carbons (Fsp3) is 0.250. The smallest absolute Gasteiger partial charge is 0.142 e. The van der Waals surface area contributed by atoms with Crippen LogP contribution in [0.4, 0.5) is 5.82 Å². The molecule has 0 aromatic carbocycles. The Bertz CT molecular complexity index is 299. The van der Waals surface area contributed by atoms with Crippen molar-refractivity contribution in [1.82, 2.24) is 9.97 Å². The van der Waals surface area contributed by atoms with Gasteiger partial charge in [-0.1, -0.05) is 6.92 Å². The van der Waals surface area contributed by atoms with E-state index in [1.54, 1.807) is 0 Å². The molecule has 0 radical (unpaired) electrons. The van der Waals surface area contributed by atoms with Crippen LogP contribution in [0.25, 0.3) is 0 Å². The first-order chi connectivity index (χ1) is 5.27. The fourth-order valence-corrected chi connectivity index (χ4v) is 0.810. The first kappa shape index (κ1) is 7.55. The van der Waals surface area contributed by atoms with Gasteiger partial charge in [-0.25, -0.2) is 9.97 Å². The van der Waals surface area contributed by atoms with E-state index < -0.39 is 0 Å².